The lowest BCUT2D eigenvalue weighted by molar-refractivity contribution is -0.112. The Labute approximate surface area is 184 Å². The van der Waals surface area contributed by atoms with Gasteiger partial charge in [-0.05, 0) is 35.9 Å². The molecule has 0 radical (unpaired) electrons. The molecule has 0 fully saturated rings. The first-order chi connectivity index (χ1) is 14.8. The number of H-pyrrole nitrogens is 1. The molecule has 7 nitrogen and oxygen atoms in total. The molecule has 1 aromatic carbocycles. The van der Waals surface area contributed by atoms with E-state index in [0.717, 1.165) is 11.8 Å². The van der Waals surface area contributed by atoms with Crippen molar-refractivity contribution in [2.24, 2.45) is 0 Å². The van der Waals surface area contributed by atoms with Crippen molar-refractivity contribution in [1.29, 1.82) is 0 Å². The van der Waals surface area contributed by atoms with Gasteiger partial charge in [0.15, 0.2) is 0 Å². The van der Waals surface area contributed by atoms with E-state index < -0.39 is 17.2 Å². The standard InChI is InChI=1S/C21H13Cl2FN4O3/c22-15-10-25-20(30)17(23)18(15)27-21(31)19(29)14-9-13(28-16(14)2-1-7-26-28)8-11-3-5-12(24)6-4-11/h1-7,9-10H,8H2,(H2,25,27,30,31). The van der Waals surface area contributed by atoms with Crippen LogP contribution in [0, 0.1) is 5.82 Å². The summed E-state index contributed by atoms with van der Waals surface area (Å²) < 4.78 is 14.7. The van der Waals surface area contributed by atoms with Gasteiger partial charge in [0.05, 0.1) is 21.8 Å². The molecule has 0 aliphatic heterocycles. The fourth-order valence-corrected chi connectivity index (χ4v) is 3.56. The summed E-state index contributed by atoms with van der Waals surface area (Å²) in [5.41, 5.74) is 1.15. The van der Waals surface area contributed by atoms with E-state index in [2.05, 4.69) is 15.4 Å². The van der Waals surface area contributed by atoms with Crippen molar-refractivity contribution in [3.63, 3.8) is 0 Å². The van der Waals surface area contributed by atoms with Gasteiger partial charge in [-0.3, -0.25) is 14.4 Å². The average molecular weight is 459 g/mol. The summed E-state index contributed by atoms with van der Waals surface area (Å²) >= 11 is 11.9. The number of Topliss-reactive ketones (excluding diaryl/α,β-unsaturated/α-hetero) is 1. The van der Waals surface area contributed by atoms with Crippen molar-refractivity contribution in [1.82, 2.24) is 14.6 Å². The highest BCUT2D eigenvalue weighted by atomic mass is 35.5. The predicted octanol–water partition coefficient (Wildman–Crippen LogP) is 3.88. The molecule has 0 unspecified atom stereocenters. The van der Waals surface area contributed by atoms with E-state index in [-0.39, 0.29) is 27.1 Å². The lowest BCUT2D eigenvalue weighted by Gasteiger charge is -2.07. The van der Waals surface area contributed by atoms with Crippen LogP contribution < -0.4 is 10.9 Å². The van der Waals surface area contributed by atoms with Crippen LogP contribution in [0.5, 0.6) is 0 Å². The number of anilines is 1. The van der Waals surface area contributed by atoms with Crippen LogP contribution in [0.1, 0.15) is 21.6 Å². The average Bonchev–Trinajstić information content (AvgIpc) is 3.13. The second-order valence-electron chi connectivity index (χ2n) is 6.61. The molecule has 0 atom stereocenters. The van der Waals surface area contributed by atoms with E-state index in [1.165, 1.54) is 16.6 Å². The largest absolute Gasteiger partial charge is 0.326 e. The van der Waals surface area contributed by atoms with Crippen LogP contribution in [0.3, 0.4) is 0 Å². The van der Waals surface area contributed by atoms with Crippen LogP contribution >= 0.6 is 23.2 Å². The Morgan fingerprint density at radius 1 is 1.16 bits per heavy atom. The van der Waals surface area contributed by atoms with Gasteiger partial charge in [-0.1, -0.05) is 35.3 Å². The van der Waals surface area contributed by atoms with Gasteiger partial charge < -0.3 is 10.3 Å². The number of nitrogens with one attached hydrogen (secondary N) is 2. The first-order valence-electron chi connectivity index (χ1n) is 8.97. The number of ketones is 1. The fraction of sp³-hybridized carbons (Fsp3) is 0.0476. The molecule has 4 aromatic rings. The summed E-state index contributed by atoms with van der Waals surface area (Å²) in [6.07, 6.45) is 3.07. The fourth-order valence-electron chi connectivity index (χ4n) is 3.12. The van der Waals surface area contributed by atoms with Gasteiger partial charge in [-0.25, -0.2) is 8.91 Å². The second kappa shape index (κ2) is 8.33. The van der Waals surface area contributed by atoms with Crippen molar-refractivity contribution >= 4 is 46.1 Å². The van der Waals surface area contributed by atoms with E-state index >= 15 is 0 Å². The van der Waals surface area contributed by atoms with E-state index in [4.69, 9.17) is 23.2 Å². The molecule has 156 valence electrons. The number of rotatable bonds is 5. The summed E-state index contributed by atoms with van der Waals surface area (Å²) in [6.45, 7) is 0. The number of fused-ring (bicyclic) bond motifs is 1. The third-order valence-electron chi connectivity index (χ3n) is 4.58. The number of amides is 1. The Morgan fingerprint density at radius 3 is 2.65 bits per heavy atom. The molecule has 10 heteroatoms. The van der Waals surface area contributed by atoms with Crippen LogP contribution in [0.15, 0.2) is 59.7 Å². The molecular weight excluding hydrogens is 446 g/mol. The minimum absolute atomic E-state index is 0.0221. The van der Waals surface area contributed by atoms with Crippen LogP contribution in [0.25, 0.3) is 5.52 Å². The Morgan fingerprint density at radius 2 is 1.90 bits per heavy atom. The molecule has 3 heterocycles. The zero-order valence-corrected chi connectivity index (χ0v) is 17.2. The van der Waals surface area contributed by atoms with E-state index in [9.17, 15) is 18.8 Å². The minimum atomic E-state index is -1.01. The molecule has 4 rings (SSSR count). The zero-order chi connectivity index (χ0) is 22.1. The molecule has 0 bridgehead atoms. The molecule has 0 aliphatic rings. The van der Waals surface area contributed by atoms with E-state index in [1.807, 2.05) is 0 Å². The van der Waals surface area contributed by atoms with Crippen LogP contribution in [0.2, 0.25) is 10.0 Å². The first kappa shape index (κ1) is 20.8. The number of halogens is 3. The van der Waals surface area contributed by atoms with Gasteiger partial charge in [0.2, 0.25) is 0 Å². The minimum Gasteiger partial charge on any atom is -0.326 e. The Bertz CT molecular complexity index is 1380. The quantitative estimate of drug-likeness (QED) is 0.350. The van der Waals surface area contributed by atoms with Gasteiger partial charge in [-0.2, -0.15) is 5.10 Å². The van der Waals surface area contributed by atoms with Crippen molar-refractivity contribution in [2.45, 2.75) is 6.42 Å². The zero-order valence-electron chi connectivity index (χ0n) is 15.7. The Balaban J connectivity index is 1.68. The number of aromatic amines is 1. The van der Waals surface area contributed by atoms with Crippen LogP contribution in [-0.4, -0.2) is 26.3 Å². The predicted molar refractivity (Wildman–Crippen MR) is 114 cm³/mol. The van der Waals surface area contributed by atoms with Crippen molar-refractivity contribution < 1.29 is 14.0 Å². The number of benzene rings is 1. The number of hydrogen-bond donors (Lipinski definition) is 2. The maximum atomic E-state index is 13.2. The third-order valence-corrected chi connectivity index (χ3v) is 5.24. The van der Waals surface area contributed by atoms with Gasteiger partial charge in [0.25, 0.3) is 17.2 Å². The maximum Gasteiger partial charge on any atom is 0.296 e. The molecule has 0 aliphatic carbocycles. The van der Waals surface area contributed by atoms with E-state index in [0.29, 0.717) is 17.6 Å². The van der Waals surface area contributed by atoms with Gasteiger partial charge in [-0.15, -0.1) is 0 Å². The Kier molecular flexibility index (Phi) is 5.58. The number of nitrogens with zero attached hydrogens (tertiary/aromatic N) is 2. The summed E-state index contributed by atoms with van der Waals surface area (Å²) in [7, 11) is 0. The molecular formula is C21H13Cl2FN4O3. The smallest absolute Gasteiger partial charge is 0.296 e. The molecule has 0 saturated heterocycles. The molecule has 31 heavy (non-hydrogen) atoms. The highest BCUT2D eigenvalue weighted by molar-refractivity contribution is 6.49. The SMILES string of the molecule is O=C(Nc1c(Cl)c[nH]c(=O)c1Cl)C(=O)c1cc(Cc2ccc(F)cc2)n2ncccc12. The molecule has 2 N–H and O–H groups in total. The Hall–Kier alpha value is -3.49. The van der Waals surface area contributed by atoms with Gasteiger partial charge >= 0.3 is 0 Å². The number of carbonyl (C=O) groups excluding carboxylic acids is 2. The molecule has 0 spiro atoms. The lowest BCUT2D eigenvalue weighted by atomic mass is 10.1. The second-order valence-corrected chi connectivity index (χ2v) is 7.40. The van der Waals surface area contributed by atoms with Crippen molar-refractivity contribution in [3.05, 3.63) is 97.9 Å². The number of hydrogen-bond acceptors (Lipinski definition) is 4. The summed E-state index contributed by atoms with van der Waals surface area (Å²) in [5, 5.41) is 6.19. The van der Waals surface area contributed by atoms with Crippen molar-refractivity contribution in [3.8, 4) is 0 Å². The normalized spacial score (nSPS) is 10.9. The molecule has 1 amide bonds. The number of aromatic nitrogens is 3. The summed E-state index contributed by atoms with van der Waals surface area (Å²) in [6, 6.07) is 10.8. The number of carbonyl (C=O) groups is 2. The van der Waals surface area contributed by atoms with E-state index in [1.54, 1.807) is 36.5 Å². The van der Waals surface area contributed by atoms with Gasteiger partial charge in [0.1, 0.15) is 10.8 Å². The maximum absolute atomic E-state index is 13.2. The number of pyridine rings is 1. The van der Waals surface area contributed by atoms with Crippen LogP contribution in [-0.2, 0) is 11.2 Å². The van der Waals surface area contributed by atoms with Crippen molar-refractivity contribution in [2.75, 3.05) is 5.32 Å². The summed E-state index contributed by atoms with van der Waals surface area (Å²) in [5.74, 6) is -2.23. The van der Waals surface area contributed by atoms with Crippen LogP contribution in [0.4, 0.5) is 10.1 Å². The molecule has 3 aromatic heterocycles. The molecule has 0 saturated carbocycles. The first-order valence-corrected chi connectivity index (χ1v) is 9.73. The lowest BCUT2D eigenvalue weighted by Crippen LogP contribution is -2.24. The summed E-state index contributed by atoms with van der Waals surface area (Å²) in [4.78, 5) is 39.5. The van der Waals surface area contributed by atoms with Gasteiger partial charge in [0, 0.05) is 24.5 Å². The monoisotopic (exact) mass is 458 g/mol. The third kappa shape index (κ3) is 4.08. The highest BCUT2D eigenvalue weighted by Gasteiger charge is 2.24. The highest BCUT2D eigenvalue weighted by Crippen LogP contribution is 2.27. The topological polar surface area (TPSA) is 96.3 Å².